The Morgan fingerprint density at radius 1 is 1.14 bits per heavy atom. The van der Waals surface area contributed by atoms with Gasteiger partial charge in [0.1, 0.15) is 11.0 Å². The molecule has 3 rings (SSSR count). The van der Waals surface area contributed by atoms with Gasteiger partial charge in [0.15, 0.2) is 5.69 Å². The van der Waals surface area contributed by atoms with Crippen molar-refractivity contribution in [3.63, 3.8) is 0 Å². The van der Waals surface area contributed by atoms with Crippen LogP contribution in [0.1, 0.15) is 10.5 Å². The Bertz CT molecular complexity index is 848. The number of carbonyl (C=O) groups excluding carboxylic acids is 1. The molecule has 3 aromatic rings. The summed E-state index contributed by atoms with van der Waals surface area (Å²) in [4.78, 5) is 15.8. The Hall–Kier alpha value is -2.18. The molecule has 6 nitrogen and oxygen atoms in total. The Morgan fingerprint density at radius 3 is 2.57 bits per heavy atom. The molecule has 0 aliphatic heterocycles. The van der Waals surface area contributed by atoms with E-state index in [-0.39, 0.29) is 10.7 Å². The van der Waals surface area contributed by atoms with Gasteiger partial charge in [-0.3, -0.25) is 0 Å². The van der Waals surface area contributed by atoms with Crippen LogP contribution < -0.4 is 0 Å². The molecule has 0 spiro atoms. The lowest BCUT2D eigenvalue weighted by Crippen LogP contribution is -2.06. The highest BCUT2D eigenvalue weighted by Crippen LogP contribution is 2.31. The summed E-state index contributed by atoms with van der Waals surface area (Å²) in [6.07, 6.45) is 0. The smallest absolute Gasteiger partial charge is 0.358 e. The van der Waals surface area contributed by atoms with Gasteiger partial charge < -0.3 is 4.74 Å². The lowest BCUT2D eigenvalue weighted by Gasteiger charge is -2.07. The number of esters is 1. The van der Waals surface area contributed by atoms with E-state index >= 15 is 0 Å². The van der Waals surface area contributed by atoms with Gasteiger partial charge in [0.25, 0.3) is 0 Å². The zero-order chi connectivity index (χ0) is 15.0. The van der Waals surface area contributed by atoms with Crippen molar-refractivity contribution in [2.75, 3.05) is 7.11 Å². The fraction of sp³-hybridized carbons (Fsp3) is 0.0769. The molecule has 8 heteroatoms. The molecule has 106 valence electrons. The minimum absolute atomic E-state index is 0.0195. The van der Waals surface area contributed by atoms with Crippen LogP contribution in [-0.4, -0.2) is 28.4 Å². The number of methoxy groups -OCH3 is 1. The van der Waals surface area contributed by atoms with Gasteiger partial charge in [-0.25, -0.2) is 14.4 Å². The third-order valence-electron chi connectivity index (χ3n) is 2.84. The van der Waals surface area contributed by atoms with Crippen molar-refractivity contribution in [1.29, 1.82) is 0 Å². The Labute approximate surface area is 128 Å². The van der Waals surface area contributed by atoms with Gasteiger partial charge >= 0.3 is 5.97 Å². The highest BCUT2D eigenvalue weighted by Gasteiger charge is 2.16. The fourth-order valence-electron chi connectivity index (χ4n) is 1.83. The predicted molar refractivity (Wildman–Crippen MR) is 76.4 cm³/mol. The molecule has 0 N–H and O–H groups in total. The molecular formula is C13H7Cl2N3O3. The third kappa shape index (κ3) is 2.43. The van der Waals surface area contributed by atoms with Crippen LogP contribution >= 0.6 is 23.2 Å². The van der Waals surface area contributed by atoms with Crippen LogP contribution in [0.25, 0.3) is 22.3 Å². The molecule has 0 saturated heterocycles. The molecule has 0 atom stereocenters. The molecule has 21 heavy (non-hydrogen) atoms. The second-order valence-corrected chi connectivity index (χ2v) is 4.92. The molecule has 0 radical (unpaired) electrons. The Balaban J connectivity index is 2.18. The van der Waals surface area contributed by atoms with Crippen LogP contribution in [0.4, 0.5) is 0 Å². The molecule has 0 saturated carbocycles. The van der Waals surface area contributed by atoms with Gasteiger partial charge in [-0.1, -0.05) is 23.2 Å². The van der Waals surface area contributed by atoms with E-state index in [2.05, 4.69) is 24.7 Å². The first-order valence-corrected chi connectivity index (χ1v) is 6.53. The number of aromatic nitrogens is 3. The van der Waals surface area contributed by atoms with Crippen LogP contribution in [-0.2, 0) is 4.74 Å². The molecule has 2 heterocycles. The van der Waals surface area contributed by atoms with Crippen molar-refractivity contribution in [3.05, 3.63) is 40.0 Å². The number of halogens is 2. The lowest BCUT2D eigenvalue weighted by atomic mass is 10.1. The van der Waals surface area contributed by atoms with E-state index in [0.717, 1.165) is 0 Å². The van der Waals surface area contributed by atoms with Crippen LogP contribution in [0.15, 0.2) is 28.9 Å². The minimum atomic E-state index is -0.623. The van der Waals surface area contributed by atoms with Crippen molar-refractivity contribution in [2.45, 2.75) is 0 Å². The van der Waals surface area contributed by atoms with Crippen molar-refractivity contribution >= 4 is 40.2 Å². The zero-order valence-corrected chi connectivity index (χ0v) is 12.1. The highest BCUT2D eigenvalue weighted by atomic mass is 35.5. The first-order valence-electron chi connectivity index (χ1n) is 5.77. The van der Waals surface area contributed by atoms with Gasteiger partial charge in [0.2, 0.25) is 0 Å². The summed E-state index contributed by atoms with van der Waals surface area (Å²) in [6, 6.07) is 6.48. The van der Waals surface area contributed by atoms with Gasteiger partial charge in [-0.15, -0.1) is 0 Å². The number of hydrogen-bond donors (Lipinski definition) is 0. The topological polar surface area (TPSA) is 78.1 Å². The van der Waals surface area contributed by atoms with Crippen molar-refractivity contribution in [2.24, 2.45) is 0 Å². The molecule has 0 bridgehead atoms. The normalized spacial score (nSPS) is 10.8. The average Bonchev–Trinajstić information content (AvgIpc) is 2.93. The maximum atomic E-state index is 11.6. The van der Waals surface area contributed by atoms with Crippen molar-refractivity contribution in [3.8, 4) is 11.3 Å². The quantitative estimate of drug-likeness (QED) is 0.673. The fourth-order valence-corrected chi connectivity index (χ4v) is 2.27. The predicted octanol–water partition coefficient (Wildman–Crippen LogP) is 3.38. The summed E-state index contributed by atoms with van der Waals surface area (Å²) >= 11 is 12.1. The lowest BCUT2D eigenvalue weighted by molar-refractivity contribution is 0.0594. The molecule has 0 aliphatic carbocycles. The molecule has 1 aromatic carbocycles. The van der Waals surface area contributed by atoms with Crippen molar-refractivity contribution in [1.82, 2.24) is 15.3 Å². The van der Waals surface area contributed by atoms with Gasteiger partial charge in [-0.2, -0.15) is 0 Å². The summed E-state index contributed by atoms with van der Waals surface area (Å²) in [6.45, 7) is 0. The van der Waals surface area contributed by atoms with Gasteiger partial charge in [-0.05, 0) is 34.6 Å². The molecule has 0 unspecified atom stereocenters. The standard InChI is InChI=1S/C13H7Cl2N3O3/c1-20-13(19)12-7(14)2-3-9(16-12)6-4-10-11(5-8(6)15)18-21-17-10/h2-5H,1H3. The number of nitrogens with zero attached hydrogens (tertiary/aromatic N) is 3. The maximum Gasteiger partial charge on any atom is 0.358 e. The first kappa shape index (κ1) is 13.8. The van der Waals surface area contributed by atoms with Crippen molar-refractivity contribution < 1.29 is 14.2 Å². The van der Waals surface area contributed by atoms with Gasteiger partial charge in [0, 0.05) is 5.56 Å². The second kappa shape index (κ2) is 5.31. The number of rotatable bonds is 2. The number of fused-ring (bicyclic) bond motifs is 1. The van der Waals surface area contributed by atoms with Crippen LogP contribution in [0.3, 0.4) is 0 Å². The third-order valence-corrected chi connectivity index (χ3v) is 3.46. The van der Waals surface area contributed by atoms with E-state index in [4.69, 9.17) is 23.2 Å². The SMILES string of the molecule is COC(=O)c1nc(-c2cc3nonc3cc2Cl)ccc1Cl. The van der Waals surface area contributed by atoms with E-state index < -0.39 is 5.97 Å². The monoisotopic (exact) mass is 323 g/mol. The Kier molecular flexibility index (Phi) is 3.48. The largest absolute Gasteiger partial charge is 0.464 e. The summed E-state index contributed by atoms with van der Waals surface area (Å²) in [5.74, 6) is -0.623. The minimum Gasteiger partial charge on any atom is -0.464 e. The maximum absolute atomic E-state index is 11.6. The average molecular weight is 324 g/mol. The molecule has 2 aromatic heterocycles. The van der Waals surface area contributed by atoms with E-state index in [1.54, 1.807) is 24.3 Å². The number of hydrogen-bond acceptors (Lipinski definition) is 6. The van der Waals surface area contributed by atoms with Crippen LogP contribution in [0, 0.1) is 0 Å². The summed E-state index contributed by atoms with van der Waals surface area (Å²) in [7, 11) is 1.26. The Morgan fingerprint density at radius 2 is 1.86 bits per heavy atom. The summed E-state index contributed by atoms with van der Waals surface area (Å²) < 4.78 is 9.27. The van der Waals surface area contributed by atoms with Crippen LogP contribution in [0.5, 0.6) is 0 Å². The number of pyridine rings is 1. The summed E-state index contributed by atoms with van der Waals surface area (Å²) in [5, 5.41) is 8.05. The first-order chi connectivity index (χ1) is 10.1. The second-order valence-electron chi connectivity index (χ2n) is 4.10. The molecular weight excluding hydrogens is 317 g/mol. The number of ether oxygens (including phenoxy) is 1. The molecule has 0 fully saturated rings. The van der Waals surface area contributed by atoms with Gasteiger partial charge in [0.05, 0.1) is 22.8 Å². The molecule has 0 aliphatic rings. The summed E-state index contributed by atoms with van der Waals surface area (Å²) in [5.41, 5.74) is 2.14. The van der Waals surface area contributed by atoms with E-state index in [0.29, 0.717) is 27.3 Å². The zero-order valence-electron chi connectivity index (χ0n) is 10.6. The van der Waals surface area contributed by atoms with E-state index in [9.17, 15) is 4.79 Å². The highest BCUT2D eigenvalue weighted by molar-refractivity contribution is 6.34. The number of carbonyl (C=O) groups is 1. The van der Waals surface area contributed by atoms with E-state index in [1.807, 2.05) is 0 Å². The van der Waals surface area contributed by atoms with E-state index in [1.165, 1.54) is 7.11 Å². The molecule has 0 amide bonds. The number of benzene rings is 1. The van der Waals surface area contributed by atoms with Crippen LogP contribution in [0.2, 0.25) is 10.0 Å².